The molecule has 3 rings (SSSR count). The van der Waals surface area contributed by atoms with Crippen molar-refractivity contribution >= 4 is 17.5 Å². The lowest BCUT2D eigenvalue weighted by Gasteiger charge is -2.34. The van der Waals surface area contributed by atoms with E-state index in [1.54, 1.807) is 36.4 Å². The van der Waals surface area contributed by atoms with Crippen LogP contribution >= 0.6 is 0 Å². The third-order valence-corrected chi connectivity index (χ3v) is 4.82. The van der Waals surface area contributed by atoms with Crippen LogP contribution in [0.25, 0.3) is 0 Å². The Hall–Kier alpha value is -3.46. The van der Waals surface area contributed by atoms with Gasteiger partial charge in [-0.15, -0.1) is 0 Å². The van der Waals surface area contributed by atoms with Crippen molar-refractivity contribution in [1.82, 2.24) is 0 Å². The van der Waals surface area contributed by atoms with E-state index in [1.807, 2.05) is 25.1 Å². The van der Waals surface area contributed by atoms with E-state index in [4.69, 9.17) is 4.74 Å². The van der Waals surface area contributed by atoms with Crippen LogP contribution in [-0.2, 0) is 14.3 Å². The summed E-state index contributed by atoms with van der Waals surface area (Å²) in [6, 6.07) is 15.8. The Labute approximate surface area is 162 Å². The van der Waals surface area contributed by atoms with E-state index in [0.717, 1.165) is 5.56 Å². The Bertz CT molecular complexity index is 958. The van der Waals surface area contributed by atoms with Crippen molar-refractivity contribution in [2.75, 3.05) is 7.11 Å². The molecule has 6 nitrogen and oxygen atoms in total. The Morgan fingerprint density at radius 1 is 1.18 bits per heavy atom. The average Bonchev–Trinajstić information content (AvgIpc) is 2.70. The molecule has 1 aliphatic heterocycles. The van der Waals surface area contributed by atoms with Gasteiger partial charge < -0.3 is 9.47 Å². The Morgan fingerprint density at radius 3 is 2.50 bits per heavy atom. The summed E-state index contributed by atoms with van der Waals surface area (Å²) in [4.78, 5) is 37.5. The number of nitrogens with zero attached hydrogens (tertiary/aromatic N) is 1. The van der Waals surface area contributed by atoms with E-state index in [9.17, 15) is 19.6 Å². The number of Topliss-reactive ketones (excluding diaryl/α,β-unsaturated/α-hetero) is 2. The average molecular weight is 377 g/mol. The lowest BCUT2D eigenvalue weighted by molar-refractivity contribution is -0.144. The second-order valence-electron chi connectivity index (χ2n) is 6.66. The van der Waals surface area contributed by atoms with Gasteiger partial charge in [0.05, 0.1) is 24.7 Å². The van der Waals surface area contributed by atoms with Gasteiger partial charge in [-0.2, -0.15) is 5.26 Å². The van der Waals surface area contributed by atoms with Crippen LogP contribution in [0, 0.1) is 24.2 Å². The van der Waals surface area contributed by atoms with Gasteiger partial charge in [0.1, 0.15) is 24.2 Å². The van der Waals surface area contributed by atoms with E-state index in [0.29, 0.717) is 16.9 Å². The number of hydrogen-bond donors (Lipinski definition) is 0. The highest BCUT2D eigenvalue weighted by Gasteiger charge is 2.45. The molecule has 142 valence electrons. The molecule has 0 aliphatic carbocycles. The summed E-state index contributed by atoms with van der Waals surface area (Å²) >= 11 is 0. The van der Waals surface area contributed by atoms with Gasteiger partial charge in [0.25, 0.3) is 0 Å². The molecular formula is C22H19NO5. The molecule has 0 amide bonds. The number of esters is 1. The predicted octanol–water partition coefficient (Wildman–Crippen LogP) is 2.99. The zero-order valence-corrected chi connectivity index (χ0v) is 15.5. The van der Waals surface area contributed by atoms with E-state index >= 15 is 0 Å². The number of aryl methyl sites for hydroxylation is 1. The number of para-hydroxylation sites is 1. The number of fused-ring (bicyclic) bond motifs is 1. The molecule has 0 spiro atoms. The van der Waals surface area contributed by atoms with Crippen LogP contribution in [0.2, 0.25) is 0 Å². The summed E-state index contributed by atoms with van der Waals surface area (Å²) in [6.07, 6.45) is -1.50. The summed E-state index contributed by atoms with van der Waals surface area (Å²) in [5, 5.41) is 9.65. The van der Waals surface area contributed by atoms with Crippen LogP contribution in [0.3, 0.4) is 0 Å². The molecule has 0 saturated carbocycles. The molecule has 0 saturated heterocycles. The molecule has 28 heavy (non-hydrogen) atoms. The molecule has 0 radical (unpaired) electrons. The summed E-state index contributed by atoms with van der Waals surface area (Å²) in [5.41, 5.74) is 1.89. The van der Waals surface area contributed by atoms with Gasteiger partial charge in [-0.3, -0.25) is 14.4 Å². The second kappa shape index (κ2) is 8.05. The summed E-state index contributed by atoms with van der Waals surface area (Å²) in [5.74, 6) is -3.33. The molecule has 6 heteroatoms. The highest BCUT2D eigenvalue weighted by atomic mass is 16.5. The molecule has 2 aromatic rings. The lowest BCUT2D eigenvalue weighted by atomic mass is 9.78. The normalized spacial score (nSPS) is 19.0. The molecule has 3 atom stereocenters. The molecular weight excluding hydrogens is 358 g/mol. The fraction of sp³-hybridized carbons (Fsp3) is 0.273. The smallest absolute Gasteiger partial charge is 0.313 e. The van der Waals surface area contributed by atoms with Gasteiger partial charge in [0.2, 0.25) is 0 Å². The Morgan fingerprint density at radius 2 is 1.86 bits per heavy atom. The Balaban J connectivity index is 2.07. The minimum atomic E-state index is -1.16. The van der Waals surface area contributed by atoms with Gasteiger partial charge in [0, 0.05) is 0 Å². The third kappa shape index (κ3) is 3.65. The zero-order chi connectivity index (χ0) is 20.3. The van der Waals surface area contributed by atoms with Crippen molar-refractivity contribution in [3.8, 4) is 11.8 Å². The van der Waals surface area contributed by atoms with Crippen molar-refractivity contribution < 1.29 is 23.9 Å². The van der Waals surface area contributed by atoms with Gasteiger partial charge in [0.15, 0.2) is 11.6 Å². The first-order valence-electron chi connectivity index (χ1n) is 8.82. The number of hydrogen-bond acceptors (Lipinski definition) is 6. The molecule has 0 N–H and O–H groups in total. The number of ether oxygens (including phenoxy) is 2. The first kappa shape index (κ1) is 19.3. The maximum absolute atomic E-state index is 13.0. The summed E-state index contributed by atoms with van der Waals surface area (Å²) < 4.78 is 10.6. The molecule has 2 aromatic carbocycles. The summed E-state index contributed by atoms with van der Waals surface area (Å²) in [6.45, 7) is 1.91. The van der Waals surface area contributed by atoms with E-state index in [-0.39, 0.29) is 0 Å². The monoisotopic (exact) mass is 377 g/mol. The van der Waals surface area contributed by atoms with Crippen molar-refractivity contribution in [2.45, 2.75) is 25.4 Å². The van der Waals surface area contributed by atoms with Crippen LogP contribution in [0.5, 0.6) is 5.75 Å². The molecule has 0 fully saturated rings. The fourth-order valence-corrected chi connectivity index (χ4v) is 3.35. The number of nitriles is 1. The first-order valence-corrected chi connectivity index (χ1v) is 8.82. The van der Waals surface area contributed by atoms with Crippen molar-refractivity contribution in [1.29, 1.82) is 5.26 Å². The first-order chi connectivity index (χ1) is 13.5. The van der Waals surface area contributed by atoms with Crippen LogP contribution in [0.4, 0.5) is 0 Å². The third-order valence-electron chi connectivity index (χ3n) is 4.82. The number of carbonyl (C=O) groups excluding carboxylic acids is 3. The van der Waals surface area contributed by atoms with E-state index in [2.05, 4.69) is 4.74 Å². The van der Waals surface area contributed by atoms with Crippen molar-refractivity contribution in [3.05, 3.63) is 65.2 Å². The predicted molar refractivity (Wildman–Crippen MR) is 99.9 cm³/mol. The quantitative estimate of drug-likeness (QED) is 0.587. The number of carbonyl (C=O) groups is 3. The topological polar surface area (TPSA) is 93.5 Å². The SMILES string of the molecule is COC(=O)CC(=O)C(c1ccc(C)cc1)C1Oc2ccccc2C(=O)C1C#N. The highest BCUT2D eigenvalue weighted by molar-refractivity contribution is 6.05. The second-order valence-corrected chi connectivity index (χ2v) is 6.66. The maximum Gasteiger partial charge on any atom is 0.313 e. The largest absolute Gasteiger partial charge is 0.487 e. The standard InChI is InChI=1S/C22H19NO5/c1-13-7-9-14(10-8-13)20(17(24)11-19(25)27-2)22-16(12-23)21(26)15-5-3-4-6-18(15)28-22/h3-10,16,20,22H,11H2,1-2H3. The lowest BCUT2D eigenvalue weighted by Crippen LogP contribution is -2.44. The number of rotatable bonds is 5. The van der Waals surface area contributed by atoms with Gasteiger partial charge in [-0.05, 0) is 24.6 Å². The van der Waals surface area contributed by atoms with Crippen LogP contribution < -0.4 is 4.74 Å². The number of benzene rings is 2. The van der Waals surface area contributed by atoms with Crippen LogP contribution in [-0.4, -0.2) is 30.7 Å². The molecule has 3 unspecified atom stereocenters. The summed E-state index contributed by atoms with van der Waals surface area (Å²) in [7, 11) is 1.20. The minimum absolute atomic E-state index is 0.313. The van der Waals surface area contributed by atoms with E-state index in [1.165, 1.54) is 7.11 Å². The highest BCUT2D eigenvalue weighted by Crippen LogP contribution is 2.38. The number of ketones is 2. The molecule has 1 heterocycles. The van der Waals surface area contributed by atoms with Gasteiger partial charge in [-0.1, -0.05) is 42.0 Å². The van der Waals surface area contributed by atoms with Crippen molar-refractivity contribution in [3.63, 3.8) is 0 Å². The molecule has 0 aromatic heterocycles. The zero-order valence-electron chi connectivity index (χ0n) is 15.5. The van der Waals surface area contributed by atoms with Crippen LogP contribution in [0.15, 0.2) is 48.5 Å². The van der Waals surface area contributed by atoms with Crippen molar-refractivity contribution in [2.24, 2.45) is 5.92 Å². The molecule has 0 bridgehead atoms. The van der Waals surface area contributed by atoms with E-state index < -0.39 is 41.9 Å². The minimum Gasteiger partial charge on any atom is -0.487 e. The van der Waals surface area contributed by atoms with Gasteiger partial charge in [-0.25, -0.2) is 0 Å². The van der Waals surface area contributed by atoms with Gasteiger partial charge >= 0.3 is 5.97 Å². The fourth-order valence-electron chi connectivity index (χ4n) is 3.35. The maximum atomic E-state index is 13.0. The molecule has 1 aliphatic rings. The Kier molecular flexibility index (Phi) is 5.55. The number of methoxy groups -OCH3 is 1. The van der Waals surface area contributed by atoms with Crippen LogP contribution in [0.1, 0.15) is 33.8 Å².